The number of nitrogens with zero attached hydrogens (tertiary/aromatic N) is 1. The Morgan fingerprint density at radius 1 is 1.22 bits per heavy atom. The molecule has 0 saturated heterocycles. The molecule has 0 atom stereocenters. The van der Waals surface area contributed by atoms with E-state index in [0.717, 1.165) is 13.1 Å². The monoisotopic (exact) mass is 141 g/mol. The fourth-order valence-corrected chi connectivity index (χ4v) is 0.664. The third kappa shape index (κ3) is 3.91. The van der Waals surface area contributed by atoms with Crippen LogP contribution in [-0.4, -0.2) is 23.5 Å². The molecule has 0 aromatic heterocycles. The molecule has 0 unspecified atom stereocenters. The Hall–Kier alpha value is -0.630. The maximum atomic E-state index is 4.71. The number of thiocarbonyl (C=S) groups is 1. The Bertz CT molecular complexity index is 99.5. The first-order valence-electron chi connectivity index (χ1n) is 2.76. The molecule has 0 heterocycles. The Balaban J connectivity index is 3.51. The zero-order chi connectivity index (χ0) is 7.11. The lowest BCUT2D eigenvalue weighted by atomic mass is 10.5. The highest BCUT2D eigenvalue weighted by atomic mass is 32.1. The summed E-state index contributed by atoms with van der Waals surface area (Å²) in [5.41, 5.74) is 1.61. The van der Waals surface area contributed by atoms with Gasteiger partial charge < -0.3 is 4.90 Å². The SMILES string of the molecule is C=CCN(C=S)CC=C. The molecule has 0 aromatic carbocycles. The molecule has 1 nitrogen and oxygen atoms in total. The van der Waals surface area contributed by atoms with Crippen LogP contribution in [0.3, 0.4) is 0 Å². The molecule has 2 heteroatoms. The second-order valence-corrected chi connectivity index (χ2v) is 1.85. The Morgan fingerprint density at radius 3 is 1.89 bits per heavy atom. The molecular formula is C7H11NS. The lowest BCUT2D eigenvalue weighted by molar-refractivity contribution is 0.537. The van der Waals surface area contributed by atoms with Gasteiger partial charge in [0.2, 0.25) is 0 Å². The van der Waals surface area contributed by atoms with Crippen LogP contribution in [0.4, 0.5) is 0 Å². The lowest BCUT2D eigenvalue weighted by Gasteiger charge is -2.12. The topological polar surface area (TPSA) is 3.24 Å². The highest BCUT2D eigenvalue weighted by Crippen LogP contribution is 1.83. The fraction of sp³-hybridized carbons (Fsp3) is 0.286. The molecular weight excluding hydrogens is 130 g/mol. The van der Waals surface area contributed by atoms with Gasteiger partial charge in [-0.05, 0) is 0 Å². The van der Waals surface area contributed by atoms with Crippen LogP contribution in [0, 0.1) is 0 Å². The van der Waals surface area contributed by atoms with Crippen molar-refractivity contribution in [3.8, 4) is 0 Å². The highest BCUT2D eigenvalue weighted by Gasteiger charge is 1.88. The van der Waals surface area contributed by atoms with Crippen molar-refractivity contribution in [2.75, 3.05) is 13.1 Å². The first kappa shape index (κ1) is 8.37. The van der Waals surface area contributed by atoms with Gasteiger partial charge in [-0.25, -0.2) is 0 Å². The average Bonchev–Trinajstić information content (AvgIpc) is 1.88. The molecule has 0 aliphatic rings. The quantitative estimate of drug-likeness (QED) is 0.423. The summed E-state index contributed by atoms with van der Waals surface area (Å²) in [7, 11) is 0. The van der Waals surface area contributed by atoms with Crippen molar-refractivity contribution in [2.45, 2.75) is 0 Å². The predicted octanol–water partition coefficient (Wildman–Crippen LogP) is 1.62. The van der Waals surface area contributed by atoms with Crippen LogP contribution in [0.5, 0.6) is 0 Å². The maximum absolute atomic E-state index is 4.71. The number of hydrogen-bond donors (Lipinski definition) is 0. The number of rotatable bonds is 5. The van der Waals surface area contributed by atoms with Gasteiger partial charge in [0.1, 0.15) is 0 Å². The van der Waals surface area contributed by atoms with E-state index in [1.165, 1.54) is 0 Å². The Labute approximate surface area is 61.7 Å². The summed E-state index contributed by atoms with van der Waals surface area (Å²) in [5, 5.41) is 0. The van der Waals surface area contributed by atoms with Crippen LogP contribution in [0.25, 0.3) is 0 Å². The fourth-order valence-electron chi connectivity index (χ4n) is 0.492. The molecule has 0 rings (SSSR count). The molecule has 0 fully saturated rings. The normalized spacial score (nSPS) is 8.00. The average molecular weight is 141 g/mol. The van der Waals surface area contributed by atoms with Crippen molar-refractivity contribution in [3.05, 3.63) is 25.3 Å². The van der Waals surface area contributed by atoms with Crippen molar-refractivity contribution in [3.63, 3.8) is 0 Å². The summed E-state index contributed by atoms with van der Waals surface area (Å²) in [6.45, 7) is 8.78. The van der Waals surface area contributed by atoms with Crippen molar-refractivity contribution in [1.29, 1.82) is 0 Å². The van der Waals surface area contributed by atoms with E-state index in [1.807, 2.05) is 17.1 Å². The van der Waals surface area contributed by atoms with Crippen LogP contribution in [-0.2, 0) is 0 Å². The Kier molecular flexibility index (Phi) is 5.12. The Morgan fingerprint density at radius 2 is 1.67 bits per heavy atom. The van der Waals surface area contributed by atoms with Crippen molar-refractivity contribution in [2.24, 2.45) is 0 Å². The molecule has 0 N–H and O–H groups in total. The van der Waals surface area contributed by atoms with Gasteiger partial charge in [-0.15, -0.1) is 13.2 Å². The molecule has 9 heavy (non-hydrogen) atoms. The van der Waals surface area contributed by atoms with Crippen molar-refractivity contribution < 1.29 is 0 Å². The van der Waals surface area contributed by atoms with Crippen LogP contribution < -0.4 is 0 Å². The van der Waals surface area contributed by atoms with Gasteiger partial charge in [0, 0.05) is 13.1 Å². The van der Waals surface area contributed by atoms with Gasteiger partial charge in [-0.1, -0.05) is 24.4 Å². The minimum Gasteiger partial charge on any atom is -0.361 e. The van der Waals surface area contributed by atoms with E-state index < -0.39 is 0 Å². The van der Waals surface area contributed by atoms with Gasteiger partial charge in [-0.3, -0.25) is 0 Å². The first-order chi connectivity index (χ1) is 4.35. The highest BCUT2D eigenvalue weighted by molar-refractivity contribution is 7.78. The third-order valence-corrected chi connectivity index (χ3v) is 1.17. The molecule has 0 amide bonds. The van der Waals surface area contributed by atoms with E-state index in [2.05, 4.69) is 13.2 Å². The number of hydrogen-bond acceptors (Lipinski definition) is 1. The van der Waals surface area contributed by atoms with Gasteiger partial charge in [0.25, 0.3) is 0 Å². The summed E-state index contributed by atoms with van der Waals surface area (Å²) in [5.74, 6) is 0. The van der Waals surface area contributed by atoms with Gasteiger partial charge >= 0.3 is 0 Å². The first-order valence-corrected chi connectivity index (χ1v) is 3.23. The van der Waals surface area contributed by atoms with Gasteiger partial charge in [-0.2, -0.15) is 0 Å². The van der Waals surface area contributed by atoms with Crippen LogP contribution >= 0.6 is 12.2 Å². The summed E-state index contributed by atoms with van der Waals surface area (Å²) < 4.78 is 0. The van der Waals surface area contributed by atoms with Crippen molar-refractivity contribution in [1.82, 2.24) is 4.90 Å². The van der Waals surface area contributed by atoms with Crippen molar-refractivity contribution >= 4 is 17.7 Å². The van der Waals surface area contributed by atoms with Gasteiger partial charge in [0.05, 0.1) is 5.49 Å². The second-order valence-electron chi connectivity index (χ2n) is 1.64. The van der Waals surface area contributed by atoms with Crippen LogP contribution in [0.1, 0.15) is 0 Å². The zero-order valence-corrected chi connectivity index (χ0v) is 6.23. The van der Waals surface area contributed by atoms with E-state index >= 15 is 0 Å². The molecule has 0 saturated carbocycles. The van der Waals surface area contributed by atoms with Crippen LogP contribution in [0.2, 0.25) is 0 Å². The van der Waals surface area contributed by atoms with E-state index in [4.69, 9.17) is 12.2 Å². The van der Waals surface area contributed by atoms with E-state index in [0.29, 0.717) is 0 Å². The molecule has 0 bridgehead atoms. The van der Waals surface area contributed by atoms with E-state index in [9.17, 15) is 0 Å². The summed E-state index contributed by atoms with van der Waals surface area (Å²) >= 11 is 4.71. The zero-order valence-electron chi connectivity index (χ0n) is 5.42. The molecule has 0 aliphatic carbocycles. The minimum absolute atomic E-state index is 0.801. The summed E-state index contributed by atoms with van der Waals surface area (Å²) in [6, 6.07) is 0. The van der Waals surface area contributed by atoms with E-state index in [1.54, 1.807) is 5.49 Å². The standard InChI is InChI=1S/C7H11NS/c1-3-5-8(7-9)6-4-2/h3-4,7H,1-2,5-6H2. The molecule has 50 valence electrons. The molecule has 0 aliphatic heterocycles. The minimum atomic E-state index is 0.801. The largest absolute Gasteiger partial charge is 0.361 e. The van der Waals surface area contributed by atoms with Gasteiger partial charge in [0.15, 0.2) is 0 Å². The lowest BCUT2D eigenvalue weighted by Crippen LogP contribution is -2.20. The van der Waals surface area contributed by atoms with E-state index in [-0.39, 0.29) is 0 Å². The molecule has 0 radical (unpaired) electrons. The molecule has 0 aromatic rings. The predicted molar refractivity (Wildman–Crippen MR) is 45.6 cm³/mol. The summed E-state index contributed by atoms with van der Waals surface area (Å²) in [6.07, 6.45) is 3.62. The second kappa shape index (κ2) is 5.51. The smallest absolute Gasteiger partial charge is 0.0646 e. The molecule has 0 spiro atoms. The maximum Gasteiger partial charge on any atom is 0.0646 e. The summed E-state index contributed by atoms with van der Waals surface area (Å²) in [4.78, 5) is 1.94. The van der Waals surface area contributed by atoms with Crippen LogP contribution in [0.15, 0.2) is 25.3 Å². The third-order valence-electron chi connectivity index (χ3n) is 0.876.